The van der Waals surface area contributed by atoms with Crippen LogP contribution in [-0.4, -0.2) is 27.1 Å². The van der Waals surface area contributed by atoms with Gasteiger partial charge in [-0.2, -0.15) is 4.39 Å². The monoisotopic (exact) mass is 306 g/mol. The van der Waals surface area contributed by atoms with E-state index < -0.39 is 22.7 Å². The third-order valence-electron chi connectivity index (χ3n) is 2.90. The van der Waals surface area contributed by atoms with E-state index in [1.54, 1.807) is 6.26 Å². The third-order valence-corrected chi connectivity index (χ3v) is 3.70. The molecule has 0 spiro atoms. The van der Waals surface area contributed by atoms with Crippen molar-refractivity contribution in [3.05, 3.63) is 65.7 Å². The Kier molecular flexibility index (Phi) is 5.16. The minimum atomic E-state index is -1.07. The molecule has 1 heterocycles. The molecule has 2 atom stereocenters. The molecule has 0 saturated heterocycles. The highest BCUT2D eigenvalue weighted by Gasteiger charge is 2.17. The van der Waals surface area contributed by atoms with Crippen molar-refractivity contribution < 1.29 is 13.4 Å². The van der Waals surface area contributed by atoms with E-state index in [0.29, 0.717) is 5.75 Å². The Morgan fingerprint density at radius 1 is 1.33 bits per heavy atom. The van der Waals surface area contributed by atoms with Crippen molar-refractivity contribution in [3.8, 4) is 0 Å². The molecule has 21 heavy (non-hydrogen) atoms. The molecular weight excluding hydrogens is 291 g/mol. The highest BCUT2D eigenvalue weighted by Crippen LogP contribution is 2.14. The van der Waals surface area contributed by atoms with E-state index in [1.165, 1.54) is 12.3 Å². The zero-order valence-corrected chi connectivity index (χ0v) is 12.3. The number of nitrogens with zero attached hydrogens (tertiary/aromatic N) is 1. The van der Waals surface area contributed by atoms with Gasteiger partial charge in [0.15, 0.2) is 0 Å². The standard InChI is InChI=1S/C15H15FN2O2S/c1-21(20)10-13(11-5-3-2-4-6-11)18-15(19)12-7-8-17-14(16)9-12/h2-9,13H,10H2,1H3,(H,18,19)/t13-,21+/m0/s1. The Bertz CT molecular complexity index is 649. The normalized spacial score (nSPS) is 13.4. The van der Waals surface area contributed by atoms with Gasteiger partial charge < -0.3 is 5.32 Å². The first-order valence-electron chi connectivity index (χ1n) is 6.33. The van der Waals surface area contributed by atoms with Gasteiger partial charge in [-0.25, -0.2) is 4.98 Å². The largest absolute Gasteiger partial charge is 0.344 e. The molecule has 0 bridgehead atoms. The number of hydrogen-bond donors (Lipinski definition) is 1. The predicted octanol–water partition coefficient (Wildman–Crippen LogP) is 2.07. The average molecular weight is 306 g/mol. The van der Waals surface area contributed by atoms with Crippen molar-refractivity contribution in [2.75, 3.05) is 12.0 Å². The summed E-state index contributed by atoms with van der Waals surface area (Å²) in [6.07, 6.45) is 2.81. The number of hydrogen-bond acceptors (Lipinski definition) is 3. The van der Waals surface area contributed by atoms with Crippen LogP contribution in [0.15, 0.2) is 48.7 Å². The van der Waals surface area contributed by atoms with E-state index >= 15 is 0 Å². The van der Waals surface area contributed by atoms with Crippen molar-refractivity contribution in [2.24, 2.45) is 0 Å². The van der Waals surface area contributed by atoms with Gasteiger partial charge in [-0.1, -0.05) is 30.3 Å². The molecule has 1 aromatic carbocycles. The van der Waals surface area contributed by atoms with Gasteiger partial charge in [0.25, 0.3) is 5.91 Å². The number of halogens is 1. The summed E-state index contributed by atoms with van der Waals surface area (Å²) in [6.45, 7) is 0. The molecule has 0 aliphatic carbocycles. The molecule has 0 aliphatic rings. The van der Waals surface area contributed by atoms with Gasteiger partial charge >= 0.3 is 0 Å². The van der Waals surface area contributed by atoms with Crippen LogP contribution in [0.25, 0.3) is 0 Å². The number of carbonyl (C=O) groups excluding carboxylic acids is 1. The van der Waals surface area contributed by atoms with Gasteiger partial charge in [0.1, 0.15) is 0 Å². The molecule has 2 aromatic rings. The second kappa shape index (κ2) is 7.08. The van der Waals surface area contributed by atoms with E-state index in [1.807, 2.05) is 30.3 Å². The number of nitrogens with one attached hydrogen (secondary N) is 1. The quantitative estimate of drug-likeness (QED) is 0.860. The third kappa shape index (κ3) is 4.46. The SMILES string of the molecule is C[S@@](=O)C[C@H](NC(=O)c1ccnc(F)c1)c1ccccc1. The number of aromatic nitrogens is 1. The van der Waals surface area contributed by atoms with Crippen molar-refractivity contribution in [1.82, 2.24) is 10.3 Å². The molecule has 110 valence electrons. The van der Waals surface area contributed by atoms with Crippen LogP contribution in [0.4, 0.5) is 4.39 Å². The number of pyridine rings is 1. The van der Waals surface area contributed by atoms with Crippen LogP contribution in [0, 0.1) is 5.95 Å². The zero-order valence-electron chi connectivity index (χ0n) is 11.5. The second-order valence-electron chi connectivity index (χ2n) is 4.54. The first-order chi connectivity index (χ1) is 10.1. The van der Waals surface area contributed by atoms with Crippen molar-refractivity contribution in [3.63, 3.8) is 0 Å². The van der Waals surface area contributed by atoms with Crippen molar-refractivity contribution in [2.45, 2.75) is 6.04 Å². The fourth-order valence-corrected chi connectivity index (χ4v) is 2.67. The molecular formula is C15H15FN2O2S. The lowest BCUT2D eigenvalue weighted by atomic mass is 10.1. The fraction of sp³-hybridized carbons (Fsp3) is 0.200. The first-order valence-corrected chi connectivity index (χ1v) is 8.06. The maximum absolute atomic E-state index is 13.1. The number of amides is 1. The Hall–Kier alpha value is -2.08. The zero-order chi connectivity index (χ0) is 15.2. The lowest BCUT2D eigenvalue weighted by Gasteiger charge is -2.18. The molecule has 1 amide bonds. The van der Waals surface area contributed by atoms with Gasteiger partial charge in [0.05, 0.1) is 6.04 Å². The van der Waals surface area contributed by atoms with Gasteiger partial charge in [-0.15, -0.1) is 0 Å². The highest BCUT2D eigenvalue weighted by atomic mass is 32.2. The molecule has 2 rings (SSSR count). The van der Waals surface area contributed by atoms with Crippen LogP contribution in [0.3, 0.4) is 0 Å². The van der Waals surface area contributed by atoms with Crippen LogP contribution in [0.1, 0.15) is 22.0 Å². The molecule has 4 nitrogen and oxygen atoms in total. The smallest absolute Gasteiger partial charge is 0.252 e. The van der Waals surface area contributed by atoms with E-state index in [0.717, 1.165) is 11.6 Å². The van der Waals surface area contributed by atoms with E-state index in [9.17, 15) is 13.4 Å². The lowest BCUT2D eigenvalue weighted by Crippen LogP contribution is -2.32. The Morgan fingerprint density at radius 3 is 2.67 bits per heavy atom. The van der Waals surface area contributed by atoms with Crippen molar-refractivity contribution in [1.29, 1.82) is 0 Å². The summed E-state index contributed by atoms with van der Waals surface area (Å²) in [7, 11) is -1.07. The Labute approximate surface area is 124 Å². The number of benzene rings is 1. The molecule has 0 radical (unpaired) electrons. The Morgan fingerprint density at radius 2 is 2.05 bits per heavy atom. The van der Waals surface area contributed by atoms with Crippen LogP contribution < -0.4 is 5.32 Å². The van der Waals surface area contributed by atoms with Crippen LogP contribution in [0.2, 0.25) is 0 Å². The molecule has 6 heteroatoms. The van der Waals surface area contributed by atoms with E-state index in [-0.39, 0.29) is 11.6 Å². The van der Waals surface area contributed by atoms with Crippen LogP contribution in [0.5, 0.6) is 0 Å². The fourth-order valence-electron chi connectivity index (χ4n) is 1.93. The summed E-state index contributed by atoms with van der Waals surface area (Å²) < 4.78 is 24.5. The maximum atomic E-state index is 13.1. The summed E-state index contributed by atoms with van der Waals surface area (Å²) in [4.78, 5) is 15.6. The summed E-state index contributed by atoms with van der Waals surface area (Å²) >= 11 is 0. The Balaban J connectivity index is 2.19. The first kappa shape index (κ1) is 15.3. The minimum Gasteiger partial charge on any atom is -0.344 e. The summed E-state index contributed by atoms with van der Waals surface area (Å²) in [5, 5.41) is 2.78. The molecule has 1 N–H and O–H groups in total. The molecule has 0 fully saturated rings. The topological polar surface area (TPSA) is 59.1 Å². The minimum absolute atomic E-state index is 0.185. The van der Waals surface area contributed by atoms with Crippen molar-refractivity contribution >= 4 is 16.7 Å². The lowest BCUT2D eigenvalue weighted by molar-refractivity contribution is 0.0940. The van der Waals surface area contributed by atoms with Gasteiger partial charge in [0.2, 0.25) is 5.95 Å². The van der Waals surface area contributed by atoms with Crippen LogP contribution >= 0.6 is 0 Å². The van der Waals surface area contributed by atoms with Gasteiger partial charge in [-0.05, 0) is 11.6 Å². The summed E-state index contributed by atoms with van der Waals surface area (Å²) in [5.41, 5.74) is 1.04. The summed E-state index contributed by atoms with van der Waals surface area (Å²) in [5.74, 6) is -0.836. The second-order valence-corrected chi connectivity index (χ2v) is 6.02. The van der Waals surface area contributed by atoms with Gasteiger partial charge in [0, 0.05) is 40.6 Å². The highest BCUT2D eigenvalue weighted by molar-refractivity contribution is 7.84. The van der Waals surface area contributed by atoms with E-state index in [4.69, 9.17) is 0 Å². The van der Waals surface area contributed by atoms with Gasteiger partial charge in [-0.3, -0.25) is 9.00 Å². The number of carbonyl (C=O) groups is 1. The molecule has 0 unspecified atom stereocenters. The molecule has 1 aromatic heterocycles. The van der Waals surface area contributed by atoms with Crippen LogP contribution in [-0.2, 0) is 10.8 Å². The predicted molar refractivity (Wildman–Crippen MR) is 79.8 cm³/mol. The van der Waals surface area contributed by atoms with E-state index in [2.05, 4.69) is 10.3 Å². The molecule has 0 saturated carbocycles. The summed E-state index contributed by atoms with van der Waals surface area (Å²) in [6, 6.07) is 11.4. The molecule has 0 aliphatic heterocycles. The average Bonchev–Trinajstić information content (AvgIpc) is 2.47. The maximum Gasteiger partial charge on any atom is 0.252 e. The number of rotatable bonds is 5.